The van der Waals surface area contributed by atoms with Crippen molar-refractivity contribution < 1.29 is 78.5 Å². The summed E-state index contributed by atoms with van der Waals surface area (Å²) >= 11 is 0. The number of rotatable bonds is 14. The Kier molecular flexibility index (Phi) is 9.49. The fraction of sp³-hybridized carbons (Fsp3) is 0.375. The summed E-state index contributed by atoms with van der Waals surface area (Å²) in [6.45, 7) is 0. The third kappa shape index (κ3) is 8.47. The Labute approximate surface area is 176 Å². The monoisotopic (exact) mass is 464 g/mol. The molecule has 6 N–H and O–H groups in total. The SMILES string of the molecule is O=C(O)CC(CC(=O)O)(OC(=O)/C=C\C(=O)OC(CC(=O)O)(CC(=O)O)C(=O)O)C(=O)O. The van der Waals surface area contributed by atoms with Gasteiger partial charge in [-0.25, -0.2) is 19.2 Å². The van der Waals surface area contributed by atoms with Crippen molar-refractivity contribution in [2.75, 3.05) is 0 Å². The van der Waals surface area contributed by atoms with Gasteiger partial charge in [0.1, 0.15) is 0 Å². The summed E-state index contributed by atoms with van der Waals surface area (Å²) in [6.07, 6.45) is -5.68. The summed E-state index contributed by atoms with van der Waals surface area (Å²) in [6, 6.07) is 0. The van der Waals surface area contributed by atoms with Crippen LogP contribution in [0.15, 0.2) is 12.2 Å². The van der Waals surface area contributed by atoms with Gasteiger partial charge < -0.3 is 40.1 Å². The Bertz CT molecular complexity index is 763. The van der Waals surface area contributed by atoms with E-state index >= 15 is 0 Å². The van der Waals surface area contributed by atoms with Crippen LogP contribution in [0, 0.1) is 0 Å². The van der Waals surface area contributed by atoms with E-state index in [0.29, 0.717) is 0 Å². The summed E-state index contributed by atoms with van der Waals surface area (Å²) in [4.78, 5) is 89.7. The number of ether oxygens (including phenoxy) is 2. The van der Waals surface area contributed by atoms with E-state index in [1.165, 1.54) is 0 Å². The summed E-state index contributed by atoms with van der Waals surface area (Å²) in [7, 11) is 0. The average Bonchev–Trinajstić information content (AvgIpc) is 2.57. The number of carbonyl (C=O) groups excluding carboxylic acids is 2. The first kappa shape index (κ1) is 27.5. The molecule has 0 spiro atoms. The number of carbonyl (C=O) groups is 8. The molecule has 32 heavy (non-hydrogen) atoms. The molecular weight excluding hydrogens is 448 g/mol. The van der Waals surface area contributed by atoms with Crippen LogP contribution in [0.5, 0.6) is 0 Å². The quantitative estimate of drug-likeness (QED) is 0.122. The van der Waals surface area contributed by atoms with Gasteiger partial charge in [-0.15, -0.1) is 0 Å². The van der Waals surface area contributed by atoms with Crippen molar-refractivity contribution in [2.24, 2.45) is 0 Å². The second kappa shape index (κ2) is 11.0. The Morgan fingerprint density at radius 1 is 0.500 bits per heavy atom. The Balaban J connectivity index is 5.72. The van der Waals surface area contributed by atoms with E-state index in [1.54, 1.807) is 0 Å². The summed E-state index contributed by atoms with van der Waals surface area (Å²) < 4.78 is 8.76. The molecule has 0 aromatic carbocycles. The van der Waals surface area contributed by atoms with Gasteiger partial charge in [-0.1, -0.05) is 0 Å². The maximum absolute atomic E-state index is 11.8. The molecule has 0 saturated heterocycles. The molecule has 0 aliphatic heterocycles. The third-order valence-electron chi connectivity index (χ3n) is 3.47. The van der Waals surface area contributed by atoms with Crippen LogP contribution in [-0.2, 0) is 47.8 Å². The summed E-state index contributed by atoms with van der Waals surface area (Å²) in [5.74, 6) is -15.2. The van der Waals surface area contributed by atoms with Crippen LogP contribution in [0.1, 0.15) is 25.7 Å². The Hall–Kier alpha value is -4.50. The number of carboxylic acids is 6. The molecule has 0 fully saturated rings. The highest BCUT2D eigenvalue weighted by Gasteiger charge is 2.48. The van der Waals surface area contributed by atoms with E-state index in [2.05, 4.69) is 9.47 Å². The van der Waals surface area contributed by atoms with Gasteiger partial charge in [0.2, 0.25) is 11.2 Å². The average molecular weight is 464 g/mol. The third-order valence-corrected chi connectivity index (χ3v) is 3.47. The van der Waals surface area contributed by atoms with Crippen LogP contribution in [0.4, 0.5) is 0 Å². The van der Waals surface area contributed by atoms with Crippen molar-refractivity contribution >= 4 is 47.8 Å². The normalized spacial score (nSPS) is 11.4. The zero-order chi connectivity index (χ0) is 25.3. The molecule has 0 aliphatic carbocycles. The molecule has 0 aliphatic rings. The zero-order valence-corrected chi connectivity index (χ0v) is 15.7. The van der Waals surface area contributed by atoms with E-state index in [9.17, 15) is 38.4 Å². The molecule has 0 aromatic rings. The van der Waals surface area contributed by atoms with Crippen molar-refractivity contribution in [3.05, 3.63) is 12.2 Å². The van der Waals surface area contributed by atoms with Gasteiger partial charge in [-0.05, 0) is 0 Å². The van der Waals surface area contributed by atoms with Crippen LogP contribution >= 0.6 is 0 Å². The zero-order valence-electron chi connectivity index (χ0n) is 15.7. The highest BCUT2D eigenvalue weighted by atomic mass is 16.6. The Morgan fingerprint density at radius 3 is 0.875 bits per heavy atom. The van der Waals surface area contributed by atoms with E-state index in [-0.39, 0.29) is 12.2 Å². The van der Waals surface area contributed by atoms with E-state index in [4.69, 9.17) is 30.6 Å². The fourth-order valence-electron chi connectivity index (χ4n) is 2.23. The van der Waals surface area contributed by atoms with Gasteiger partial charge in [0.25, 0.3) is 0 Å². The molecule has 0 unspecified atom stereocenters. The minimum atomic E-state index is -3.07. The van der Waals surface area contributed by atoms with Crippen LogP contribution in [0.3, 0.4) is 0 Å². The molecule has 0 rings (SSSR count). The van der Waals surface area contributed by atoms with Crippen molar-refractivity contribution in [2.45, 2.75) is 36.9 Å². The predicted molar refractivity (Wildman–Crippen MR) is 91.1 cm³/mol. The van der Waals surface area contributed by atoms with Gasteiger partial charge in [-0.3, -0.25) is 19.2 Å². The van der Waals surface area contributed by atoms with Crippen LogP contribution in [0.25, 0.3) is 0 Å². The second-order valence-corrected chi connectivity index (χ2v) is 6.06. The maximum Gasteiger partial charge on any atom is 0.349 e. The van der Waals surface area contributed by atoms with Crippen LogP contribution in [0.2, 0.25) is 0 Å². The number of esters is 2. The number of hydrogen-bond donors (Lipinski definition) is 6. The standard InChI is InChI=1S/C16H16O16/c17-7(18)3-15(13(27)28,4-8(19)20)31-11(25)1-2-12(26)32-16(14(29)30,5-9(21)22)6-10(23)24/h1-2H,3-6H2,(H,17,18)(H,19,20)(H,21,22)(H,23,24)(H,27,28)(H,29,30)/b2-1-. The second-order valence-electron chi connectivity index (χ2n) is 6.06. The van der Waals surface area contributed by atoms with Crippen molar-refractivity contribution in [1.82, 2.24) is 0 Å². The number of hydrogen-bond acceptors (Lipinski definition) is 10. The van der Waals surface area contributed by atoms with Crippen molar-refractivity contribution in [1.29, 1.82) is 0 Å². The molecule has 0 radical (unpaired) electrons. The van der Waals surface area contributed by atoms with Gasteiger partial charge in [0, 0.05) is 12.2 Å². The van der Waals surface area contributed by atoms with Crippen molar-refractivity contribution in [3.63, 3.8) is 0 Å². The molecule has 0 atom stereocenters. The topological polar surface area (TPSA) is 276 Å². The lowest BCUT2D eigenvalue weighted by atomic mass is 9.95. The van der Waals surface area contributed by atoms with Gasteiger partial charge in [-0.2, -0.15) is 0 Å². The van der Waals surface area contributed by atoms with Crippen molar-refractivity contribution in [3.8, 4) is 0 Å². The molecular formula is C16H16O16. The highest BCUT2D eigenvalue weighted by molar-refractivity contribution is 5.97. The number of carboxylic acid groups (broad SMARTS) is 6. The minimum absolute atomic E-state index is 0.109. The Morgan fingerprint density at radius 2 is 0.719 bits per heavy atom. The largest absolute Gasteiger partial charge is 0.481 e. The van der Waals surface area contributed by atoms with E-state index in [0.717, 1.165) is 0 Å². The minimum Gasteiger partial charge on any atom is -0.481 e. The maximum atomic E-state index is 11.8. The summed E-state index contributed by atoms with van der Waals surface area (Å²) in [5.41, 5.74) is -6.14. The lowest BCUT2D eigenvalue weighted by molar-refractivity contribution is -0.184. The van der Waals surface area contributed by atoms with Gasteiger partial charge in [0.15, 0.2) is 0 Å². The lowest BCUT2D eigenvalue weighted by Gasteiger charge is -2.26. The first-order valence-corrected chi connectivity index (χ1v) is 8.03. The predicted octanol–water partition coefficient (Wildman–Crippen LogP) is -1.83. The van der Waals surface area contributed by atoms with Crippen LogP contribution in [-0.4, -0.2) is 89.6 Å². The molecule has 16 nitrogen and oxygen atoms in total. The van der Waals surface area contributed by atoms with Gasteiger partial charge in [0.05, 0.1) is 25.7 Å². The first-order valence-electron chi connectivity index (χ1n) is 8.03. The molecule has 0 aromatic heterocycles. The van der Waals surface area contributed by atoms with Crippen LogP contribution < -0.4 is 0 Å². The summed E-state index contributed by atoms with van der Waals surface area (Å²) in [5, 5.41) is 53.4. The molecule has 0 saturated carbocycles. The van der Waals surface area contributed by atoms with E-state index in [1.807, 2.05) is 0 Å². The first-order chi connectivity index (χ1) is 14.5. The molecule has 16 heteroatoms. The van der Waals surface area contributed by atoms with Gasteiger partial charge >= 0.3 is 47.8 Å². The molecule has 0 amide bonds. The smallest absolute Gasteiger partial charge is 0.349 e. The highest BCUT2D eigenvalue weighted by Crippen LogP contribution is 2.24. The van der Waals surface area contributed by atoms with E-state index < -0.39 is 84.6 Å². The molecule has 176 valence electrons. The number of aliphatic carboxylic acids is 6. The fourth-order valence-corrected chi connectivity index (χ4v) is 2.23. The lowest BCUT2D eigenvalue weighted by Crippen LogP contribution is -2.47. The molecule has 0 bridgehead atoms. The molecule has 0 heterocycles.